The summed E-state index contributed by atoms with van der Waals surface area (Å²) in [7, 11) is 4.10. The van der Waals surface area contributed by atoms with Gasteiger partial charge >= 0.3 is 0 Å². The summed E-state index contributed by atoms with van der Waals surface area (Å²) >= 11 is 0. The molecule has 0 unspecified atom stereocenters. The van der Waals surface area contributed by atoms with Crippen LogP contribution in [-0.2, 0) is 4.74 Å². The molecule has 0 aliphatic carbocycles. The number of ether oxygens (including phenoxy) is 3. The Morgan fingerprint density at radius 1 is 1.26 bits per heavy atom. The number of benzene rings is 1. The van der Waals surface area contributed by atoms with Crippen molar-refractivity contribution < 1.29 is 19.0 Å². The minimum Gasteiger partial charge on any atom is -0.454 e. The van der Waals surface area contributed by atoms with Crippen LogP contribution in [0.25, 0.3) is 0 Å². The molecule has 6 nitrogen and oxygen atoms in total. The maximum absolute atomic E-state index is 13.0. The molecular formula is C17H22N2O4. The summed E-state index contributed by atoms with van der Waals surface area (Å²) < 4.78 is 16.7. The van der Waals surface area contributed by atoms with Gasteiger partial charge in [0.05, 0.1) is 18.2 Å². The van der Waals surface area contributed by atoms with Crippen molar-refractivity contribution in [2.75, 3.05) is 34.0 Å². The van der Waals surface area contributed by atoms with E-state index in [0.29, 0.717) is 23.6 Å². The maximum Gasteiger partial charge on any atom is 0.254 e. The molecule has 4 rings (SSSR count). The summed E-state index contributed by atoms with van der Waals surface area (Å²) in [6, 6.07) is 5.82. The predicted octanol–water partition coefficient (Wildman–Crippen LogP) is 1.35. The highest BCUT2D eigenvalue weighted by atomic mass is 16.7. The Bertz CT molecular complexity index is 619. The first-order chi connectivity index (χ1) is 11.1. The number of likely N-dealkylation sites (N-methyl/N-ethyl adjacent to an activating group) is 1. The molecular weight excluding hydrogens is 296 g/mol. The molecule has 3 heterocycles. The van der Waals surface area contributed by atoms with Crippen LogP contribution < -0.4 is 9.47 Å². The van der Waals surface area contributed by atoms with Gasteiger partial charge in [-0.1, -0.05) is 0 Å². The zero-order valence-electron chi connectivity index (χ0n) is 13.5. The van der Waals surface area contributed by atoms with Crippen molar-refractivity contribution in [3.63, 3.8) is 0 Å². The minimum atomic E-state index is 0.0492. The van der Waals surface area contributed by atoms with Crippen molar-refractivity contribution in [3.05, 3.63) is 23.8 Å². The van der Waals surface area contributed by atoms with Gasteiger partial charge in [-0.25, -0.2) is 0 Å². The van der Waals surface area contributed by atoms with Gasteiger partial charge < -0.3 is 24.0 Å². The number of likely N-dealkylation sites (tertiary alicyclic amines) is 1. The molecule has 1 aromatic rings. The average Bonchev–Trinajstić information content (AvgIpc) is 3.18. The lowest BCUT2D eigenvalue weighted by Crippen LogP contribution is -2.45. The van der Waals surface area contributed by atoms with E-state index in [4.69, 9.17) is 14.2 Å². The van der Waals surface area contributed by atoms with Crippen LogP contribution in [0.1, 0.15) is 23.2 Å². The zero-order valence-corrected chi connectivity index (χ0v) is 13.5. The lowest BCUT2D eigenvalue weighted by atomic mass is 10.00. The summed E-state index contributed by atoms with van der Waals surface area (Å²) in [6.07, 6.45) is 2.12. The predicted molar refractivity (Wildman–Crippen MR) is 83.8 cm³/mol. The number of carbonyl (C=O) groups is 1. The summed E-state index contributed by atoms with van der Waals surface area (Å²) in [6.45, 7) is 1.71. The quantitative estimate of drug-likeness (QED) is 0.824. The van der Waals surface area contributed by atoms with Gasteiger partial charge in [-0.2, -0.15) is 0 Å². The summed E-state index contributed by atoms with van der Waals surface area (Å²) in [5.74, 6) is 1.40. The van der Waals surface area contributed by atoms with E-state index in [2.05, 4.69) is 4.90 Å². The number of carbonyl (C=O) groups excluding carboxylic acids is 1. The number of nitrogens with zero attached hydrogens (tertiary/aromatic N) is 2. The molecule has 3 aliphatic heterocycles. The highest BCUT2D eigenvalue weighted by Crippen LogP contribution is 2.35. The van der Waals surface area contributed by atoms with E-state index in [1.54, 1.807) is 6.07 Å². The molecule has 0 radical (unpaired) electrons. The number of fused-ring (bicyclic) bond motifs is 2. The molecule has 0 bridgehead atoms. The summed E-state index contributed by atoms with van der Waals surface area (Å²) in [5.41, 5.74) is 0.651. The topological polar surface area (TPSA) is 51.2 Å². The first kappa shape index (κ1) is 14.8. The molecule has 3 atom stereocenters. The van der Waals surface area contributed by atoms with Crippen molar-refractivity contribution >= 4 is 5.91 Å². The van der Waals surface area contributed by atoms with Crippen molar-refractivity contribution in [2.45, 2.75) is 31.0 Å². The standard InChI is InChI=1S/C17H22N2O4/c1-18(2)13-9-19(12-4-3-7-21-16(12)13)17(20)11-5-6-14-15(8-11)23-10-22-14/h5-6,8,12-13,16H,3-4,7,9-10H2,1-2H3/t12-,13-,16+/m1/s1. The van der Waals surface area contributed by atoms with Crippen molar-refractivity contribution in [1.82, 2.24) is 9.80 Å². The monoisotopic (exact) mass is 318 g/mol. The van der Waals surface area contributed by atoms with E-state index < -0.39 is 0 Å². The Morgan fingerprint density at radius 2 is 2.09 bits per heavy atom. The third kappa shape index (κ3) is 2.46. The van der Waals surface area contributed by atoms with Crippen LogP contribution in [0.2, 0.25) is 0 Å². The Balaban J connectivity index is 1.60. The molecule has 0 spiro atoms. The largest absolute Gasteiger partial charge is 0.454 e. The molecule has 0 N–H and O–H groups in total. The Kier molecular flexibility index (Phi) is 3.66. The molecule has 23 heavy (non-hydrogen) atoms. The van der Waals surface area contributed by atoms with Crippen LogP contribution in [0.4, 0.5) is 0 Å². The Labute approximate surface area is 135 Å². The number of rotatable bonds is 2. The van der Waals surface area contributed by atoms with E-state index in [0.717, 1.165) is 19.4 Å². The van der Waals surface area contributed by atoms with Gasteiger partial charge in [0.25, 0.3) is 5.91 Å². The van der Waals surface area contributed by atoms with E-state index in [1.807, 2.05) is 31.1 Å². The van der Waals surface area contributed by atoms with Gasteiger partial charge in [0.2, 0.25) is 6.79 Å². The van der Waals surface area contributed by atoms with E-state index >= 15 is 0 Å². The molecule has 0 aromatic heterocycles. The van der Waals surface area contributed by atoms with E-state index in [1.165, 1.54) is 0 Å². The van der Waals surface area contributed by atoms with Gasteiger partial charge in [-0.3, -0.25) is 4.79 Å². The van der Waals surface area contributed by atoms with Crippen LogP contribution in [0.5, 0.6) is 11.5 Å². The van der Waals surface area contributed by atoms with Gasteiger partial charge in [0.15, 0.2) is 11.5 Å². The second-order valence-corrected chi connectivity index (χ2v) is 6.60. The Hall–Kier alpha value is -1.79. The zero-order chi connectivity index (χ0) is 16.0. The first-order valence-corrected chi connectivity index (χ1v) is 8.14. The molecule has 2 saturated heterocycles. The number of amides is 1. The normalized spacial score (nSPS) is 29.0. The fourth-order valence-corrected chi connectivity index (χ4v) is 3.81. The second-order valence-electron chi connectivity index (χ2n) is 6.60. The fourth-order valence-electron chi connectivity index (χ4n) is 3.81. The van der Waals surface area contributed by atoms with E-state index in [9.17, 15) is 4.79 Å². The van der Waals surface area contributed by atoms with Gasteiger partial charge in [-0.15, -0.1) is 0 Å². The van der Waals surface area contributed by atoms with Gasteiger partial charge in [-0.05, 0) is 45.1 Å². The van der Waals surface area contributed by atoms with Crippen LogP contribution >= 0.6 is 0 Å². The minimum absolute atomic E-state index is 0.0492. The summed E-state index contributed by atoms with van der Waals surface area (Å²) in [4.78, 5) is 17.2. The van der Waals surface area contributed by atoms with Gasteiger partial charge in [0.1, 0.15) is 0 Å². The molecule has 124 valence electrons. The molecule has 3 aliphatic rings. The molecule has 1 aromatic carbocycles. The van der Waals surface area contributed by atoms with Crippen molar-refractivity contribution in [2.24, 2.45) is 0 Å². The lowest BCUT2D eigenvalue weighted by molar-refractivity contribution is -0.0312. The van der Waals surface area contributed by atoms with Crippen LogP contribution in [0, 0.1) is 0 Å². The SMILES string of the molecule is CN(C)[C@@H]1CN(C(=O)c2ccc3c(c2)OCO3)[C@@H]2CCCO[C@H]12. The Morgan fingerprint density at radius 3 is 2.91 bits per heavy atom. The first-order valence-electron chi connectivity index (χ1n) is 8.14. The van der Waals surface area contributed by atoms with E-state index in [-0.39, 0.29) is 30.9 Å². The highest BCUT2D eigenvalue weighted by Gasteiger charge is 2.47. The van der Waals surface area contributed by atoms with Crippen LogP contribution in [0.3, 0.4) is 0 Å². The molecule has 2 fully saturated rings. The van der Waals surface area contributed by atoms with Crippen molar-refractivity contribution in [1.29, 1.82) is 0 Å². The lowest BCUT2D eigenvalue weighted by Gasteiger charge is -2.33. The third-order valence-electron chi connectivity index (χ3n) is 5.04. The molecule has 1 amide bonds. The fraction of sp³-hybridized carbons (Fsp3) is 0.588. The average molecular weight is 318 g/mol. The third-order valence-corrected chi connectivity index (χ3v) is 5.04. The molecule has 6 heteroatoms. The second kappa shape index (κ2) is 5.69. The highest BCUT2D eigenvalue weighted by molar-refractivity contribution is 5.95. The van der Waals surface area contributed by atoms with Gasteiger partial charge in [0, 0.05) is 18.7 Å². The smallest absolute Gasteiger partial charge is 0.254 e. The molecule has 0 saturated carbocycles. The number of hydrogen-bond acceptors (Lipinski definition) is 5. The summed E-state index contributed by atoms with van der Waals surface area (Å²) in [5, 5.41) is 0. The maximum atomic E-state index is 13.0. The number of hydrogen-bond donors (Lipinski definition) is 0. The van der Waals surface area contributed by atoms with Crippen LogP contribution in [-0.4, -0.2) is 67.9 Å². The van der Waals surface area contributed by atoms with Crippen LogP contribution in [0.15, 0.2) is 18.2 Å². The van der Waals surface area contributed by atoms with Crippen molar-refractivity contribution in [3.8, 4) is 11.5 Å².